The number of rotatable bonds is 8. The third kappa shape index (κ3) is 6.25. The highest BCUT2D eigenvalue weighted by atomic mass is 16.3. The largest absolute Gasteiger partial charge is 0.394 e. The van der Waals surface area contributed by atoms with E-state index in [1.807, 2.05) is 0 Å². The van der Waals surface area contributed by atoms with Gasteiger partial charge in [0.1, 0.15) is 0 Å². The molecule has 0 aromatic heterocycles. The number of nitrogens with one attached hydrogen (secondary N) is 1. The molecular formula is C18H38N2O. The molecule has 0 aromatic carbocycles. The Hall–Kier alpha value is -0.120. The van der Waals surface area contributed by atoms with Crippen LogP contribution in [0.3, 0.4) is 0 Å². The molecule has 126 valence electrons. The first kappa shape index (κ1) is 18.9. The highest BCUT2D eigenvalue weighted by Crippen LogP contribution is 2.27. The van der Waals surface area contributed by atoms with E-state index in [0.717, 1.165) is 24.3 Å². The molecule has 1 aliphatic rings. The lowest BCUT2D eigenvalue weighted by atomic mass is 9.85. The van der Waals surface area contributed by atoms with Gasteiger partial charge >= 0.3 is 0 Å². The summed E-state index contributed by atoms with van der Waals surface area (Å²) in [6, 6.07) is 1.14. The second kappa shape index (κ2) is 8.50. The van der Waals surface area contributed by atoms with Crippen molar-refractivity contribution in [1.82, 2.24) is 10.2 Å². The van der Waals surface area contributed by atoms with E-state index in [-0.39, 0.29) is 12.1 Å². The van der Waals surface area contributed by atoms with E-state index in [1.165, 1.54) is 32.4 Å². The summed E-state index contributed by atoms with van der Waals surface area (Å²) in [7, 11) is 0. The lowest BCUT2D eigenvalue weighted by Crippen LogP contribution is -2.49. The predicted octanol–water partition coefficient (Wildman–Crippen LogP) is 3.27. The Balaban J connectivity index is 2.32. The first-order valence-electron chi connectivity index (χ1n) is 8.90. The Labute approximate surface area is 132 Å². The number of aliphatic hydroxyl groups is 1. The molecule has 4 unspecified atom stereocenters. The van der Waals surface area contributed by atoms with Gasteiger partial charge in [0.05, 0.1) is 6.61 Å². The van der Waals surface area contributed by atoms with Gasteiger partial charge in [0.15, 0.2) is 0 Å². The maximum absolute atomic E-state index is 9.62. The molecule has 2 N–H and O–H groups in total. The number of unbranched alkanes of at least 4 members (excludes halogenated alkanes) is 1. The van der Waals surface area contributed by atoms with Gasteiger partial charge in [-0.1, -0.05) is 34.1 Å². The van der Waals surface area contributed by atoms with Crippen LogP contribution in [0.25, 0.3) is 0 Å². The van der Waals surface area contributed by atoms with E-state index in [1.54, 1.807) is 0 Å². The van der Waals surface area contributed by atoms with Gasteiger partial charge in [-0.2, -0.15) is 0 Å². The van der Waals surface area contributed by atoms with E-state index in [9.17, 15) is 5.11 Å². The number of hydrogen-bond donors (Lipinski definition) is 2. The molecule has 0 aromatic rings. The highest BCUT2D eigenvalue weighted by molar-refractivity contribution is 4.85. The normalized spacial score (nSPS) is 30.6. The van der Waals surface area contributed by atoms with Crippen LogP contribution in [-0.2, 0) is 0 Å². The number of piperidine rings is 1. The predicted molar refractivity (Wildman–Crippen MR) is 91.6 cm³/mol. The molecule has 0 amide bonds. The van der Waals surface area contributed by atoms with Crippen LogP contribution in [-0.4, -0.2) is 47.3 Å². The molecule has 1 saturated heterocycles. The second-order valence-electron chi connectivity index (χ2n) is 8.03. The number of hydrogen-bond acceptors (Lipinski definition) is 3. The van der Waals surface area contributed by atoms with E-state index < -0.39 is 0 Å². The van der Waals surface area contributed by atoms with Gasteiger partial charge in [0.25, 0.3) is 0 Å². The zero-order chi connectivity index (χ0) is 16.0. The molecule has 1 aliphatic heterocycles. The van der Waals surface area contributed by atoms with Crippen molar-refractivity contribution in [3.63, 3.8) is 0 Å². The standard InChI is InChI=1S/C18H38N2O/c1-14(2)19-18(6,13-21)9-7-8-10-20-12-15(3)11-16(4)17(20)5/h14-17,19,21H,7-13H2,1-6H3. The van der Waals surface area contributed by atoms with Gasteiger partial charge in [0, 0.05) is 24.2 Å². The van der Waals surface area contributed by atoms with Crippen molar-refractivity contribution in [3.8, 4) is 0 Å². The van der Waals surface area contributed by atoms with Crippen LogP contribution in [0.15, 0.2) is 0 Å². The van der Waals surface area contributed by atoms with Crippen LogP contribution in [0, 0.1) is 11.8 Å². The number of aliphatic hydroxyl groups excluding tert-OH is 1. The average molecular weight is 299 g/mol. The van der Waals surface area contributed by atoms with Crippen molar-refractivity contribution in [2.24, 2.45) is 11.8 Å². The van der Waals surface area contributed by atoms with Gasteiger partial charge in [-0.05, 0) is 51.5 Å². The third-order valence-corrected chi connectivity index (χ3v) is 5.13. The fraction of sp³-hybridized carbons (Fsp3) is 1.00. The monoisotopic (exact) mass is 298 g/mol. The van der Waals surface area contributed by atoms with Crippen molar-refractivity contribution in [2.45, 2.75) is 84.8 Å². The Morgan fingerprint density at radius 2 is 1.90 bits per heavy atom. The lowest BCUT2D eigenvalue weighted by molar-refractivity contribution is 0.0764. The van der Waals surface area contributed by atoms with Crippen LogP contribution in [0.2, 0.25) is 0 Å². The highest BCUT2D eigenvalue weighted by Gasteiger charge is 2.28. The minimum Gasteiger partial charge on any atom is -0.394 e. The summed E-state index contributed by atoms with van der Waals surface area (Å²) in [4.78, 5) is 2.67. The van der Waals surface area contributed by atoms with Crippen molar-refractivity contribution >= 4 is 0 Å². The Kier molecular flexibility index (Phi) is 7.66. The van der Waals surface area contributed by atoms with Crippen molar-refractivity contribution < 1.29 is 5.11 Å². The second-order valence-corrected chi connectivity index (χ2v) is 8.03. The van der Waals surface area contributed by atoms with Crippen molar-refractivity contribution in [1.29, 1.82) is 0 Å². The SMILES string of the molecule is CC1CC(C)C(C)N(CCCCC(C)(CO)NC(C)C)C1. The zero-order valence-electron chi connectivity index (χ0n) is 15.2. The van der Waals surface area contributed by atoms with Crippen LogP contribution in [0.5, 0.6) is 0 Å². The molecule has 0 aliphatic carbocycles. The van der Waals surface area contributed by atoms with E-state index in [0.29, 0.717) is 6.04 Å². The summed E-state index contributed by atoms with van der Waals surface area (Å²) in [5.41, 5.74) is -0.123. The summed E-state index contributed by atoms with van der Waals surface area (Å²) in [6.07, 6.45) is 4.84. The summed E-state index contributed by atoms with van der Waals surface area (Å²) < 4.78 is 0. The molecule has 1 heterocycles. The molecule has 0 radical (unpaired) electrons. The minimum absolute atomic E-state index is 0.123. The number of nitrogens with zero attached hydrogens (tertiary/aromatic N) is 1. The molecule has 3 heteroatoms. The zero-order valence-corrected chi connectivity index (χ0v) is 15.2. The van der Waals surface area contributed by atoms with E-state index in [2.05, 4.69) is 51.8 Å². The van der Waals surface area contributed by atoms with Crippen LogP contribution in [0.1, 0.15) is 67.2 Å². The van der Waals surface area contributed by atoms with Crippen LogP contribution >= 0.6 is 0 Å². The van der Waals surface area contributed by atoms with Gasteiger partial charge in [0.2, 0.25) is 0 Å². The quantitative estimate of drug-likeness (QED) is 0.675. The maximum Gasteiger partial charge on any atom is 0.0610 e. The lowest BCUT2D eigenvalue weighted by Gasteiger charge is -2.41. The minimum atomic E-state index is -0.123. The Bertz CT molecular complexity index is 295. The van der Waals surface area contributed by atoms with Crippen molar-refractivity contribution in [2.75, 3.05) is 19.7 Å². The van der Waals surface area contributed by atoms with Gasteiger partial charge in [-0.3, -0.25) is 0 Å². The summed E-state index contributed by atoms with van der Waals surface area (Å²) in [6.45, 7) is 16.3. The average Bonchev–Trinajstić information content (AvgIpc) is 2.39. The fourth-order valence-corrected chi connectivity index (χ4v) is 3.85. The summed E-state index contributed by atoms with van der Waals surface area (Å²) >= 11 is 0. The van der Waals surface area contributed by atoms with Crippen LogP contribution in [0.4, 0.5) is 0 Å². The molecule has 1 fully saturated rings. The summed E-state index contributed by atoms with van der Waals surface area (Å²) in [5.74, 6) is 1.65. The first-order chi connectivity index (χ1) is 9.77. The molecule has 0 spiro atoms. The molecule has 3 nitrogen and oxygen atoms in total. The first-order valence-corrected chi connectivity index (χ1v) is 8.90. The Morgan fingerprint density at radius 1 is 1.24 bits per heavy atom. The molecule has 1 rings (SSSR count). The molecule has 21 heavy (non-hydrogen) atoms. The number of likely N-dealkylation sites (tertiary alicyclic amines) is 1. The smallest absolute Gasteiger partial charge is 0.0610 e. The van der Waals surface area contributed by atoms with Gasteiger partial charge in [-0.25, -0.2) is 0 Å². The van der Waals surface area contributed by atoms with Crippen LogP contribution < -0.4 is 5.32 Å². The molecule has 4 atom stereocenters. The van der Waals surface area contributed by atoms with Crippen molar-refractivity contribution in [3.05, 3.63) is 0 Å². The topological polar surface area (TPSA) is 35.5 Å². The maximum atomic E-state index is 9.62. The molecular weight excluding hydrogens is 260 g/mol. The van der Waals surface area contributed by atoms with E-state index in [4.69, 9.17) is 0 Å². The fourth-order valence-electron chi connectivity index (χ4n) is 3.85. The third-order valence-electron chi connectivity index (χ3n) is 5.13. The van der Waals surface area contributed by atoms with Gasteiger partial charge in [-0.15, -0.1) is 0 Å². The molecule has 0 bridgehead atoms. The molecule has 0 saturated carbocycles. The van der Waals surface area contributed by atoms with Gasteiger partial charge < -0.3 is 15.3 Å². The Morgan fingerprint density at radius 3 is 2.48 bits per heavy atom. The summed E-state index contributed by atoms with van der Waals surface area (Å²) in [5, 5.41) is 13.1. The van der Waals surface area contributed by atoms with E-state index >= 15 is 0 Å².